The van der Waals surface area contributed by atoms with Gasteiger partial charge in [0, 0.05) is 25.6 Å². The minimum absolute atomic E-state index is 0.0156. The van der Waals surface area contributed by atoms with Crippen molar-refractivity contribution in [3.05, 3.63) is 47.3 Å². The van der Waals surface area contributed by atoms with Crippen LogP contribution in [0.4, 0.5) is 0 Å². The Bertz CT molecular complexity index is 805. The zero-order valence-electron chi connectivity index (χ0n) is 16.7. The minimum atomic E-state index is -0.757. The van der Waals surface area contributed by atoms with Crippen LogP contribution in [0.3, 0.4) is 0 Å². The molecule has 156 valence electrons. The molecule has 2 heterocycles. The molecular weight excluding hydrogens is 378 g/mol. The van der Waals surface area contributed by atoms with Crippen LogP contribution in [0, 0.1) is 0 Å². The van der Waals surface area contributed by atoms with Gasteiger partial charge in [-0.2, -0.15) is 0 Å². The first-order valence-corrected chi connectivity index (χ1v) is 9.32. The summed E-state index contributed by atoms with van der Waals surface area (Å²) in [5.74, 6) is -1.71. The Labute approximate surface area is 169 Å². The summed E-state index contributed by atoms with van der Waals surface area (Å²) in [6, 6.07) is 4.73. The Morgan fingerprint density at radius 1 is 1.14 bits per heavy atom. The molecule has 0 saturated carbocycles. The highest BCUT2D eigenvalue weighted by atomic mass is 16.5. The molecule has 1 unspecified atom stereocenters. The highest BCUT2D eigenvalue weighted by molar-refractivity contribution is 5.98. The van der Waals surface area contributed by atoms with E-state index in [0.29, 0.717) is 18.7 Å². The molecule has 2 aliphatic heterocycles. The smallest absolute Gasteiger partial charge is 0.336 e. The van der Waals surface area contributed by atoms with E-state index in [1.807, 2.05) is 0 Å². The molecule has 0 amide bonds. The molecule has 1 saturated heterocycles. The number of phenolic OH excluding ortho intramolecular Hbond substituents is 1. The monoisotopic (exact) mass is 403 g/mol. The number of benzene rings is 1. The van der Waals surface area contributed by atoms with Gasteiger partial charge >= 0.3 is 11.9 Å². The van der Waals surface area contributed by atoms with Gasteiger partial charge in [-0.05, 0) is 30.5 Å². The summed E-state index contributed by atoms with van der Waals surface area (Å²) in [7, 11) is 4.01. The van der Waals surface area contributed by atoms with E-state index >= 15 is 0 Å². The highest BCUT2D eigenvalue weighted by Crippen LogP contribution is 2.40. The summed E-state index contributed by atoms with van der Waals surface area (Å²) in [6.07, 6.45) is 5.22. The van der Waals surface area contributed by atoms with Gasteiger partial charge in [0.1, 0.15) is 0 Å². The van der Waals surface area contributed by atoms with Gasteiger partial charge in [-0.25, -0.2) is 9.59 Å². The summed E-state index contributed by atoms with van der Waals surface area (Å²) < 4.78 is 20.7. The third-order valence-corrected chi connectivity index (χ3v) is 5.05. The van der Waals surface area contributed by atoms with E-state index in [1.165, 1.54) is 27.4 Å². The van der Waals surface area contributed by atoms with Crippen LogP contribution in [0.15, 0.2) is 41.7 Å². The van der Waals surface area contributed by atoms with Crippen molar-refractivity contribution in [1.29, 1.82) is 0 Å². The second-order valence-corrected chi connectivity index (χ2v) is 6.85. The molecule has 8 nitrogen and oxygen atoms in total. The van der Waals surface area contributed by atoms with Crippen molar-refractivity contribution in [2.45, 2.75) is 24.9 Å². The largest absolute Gasteiger partial charge is 0.504 e. The summed E-state index contributed by atoms with van der Waals surface area (Å²) in [5.41, 5.74) is 1.06. The molecule has 8 heteroatoms. The third kappa shape index (κ3) is 4.37. The van der Waals surface area contributed by atoms with Gasteiger partial charge in [-0.15, -0.1) is 0 Å². The summed E-state index contributed by atoms with van der Waals surface area (Å²) in [5, 5.41) is 10.2. The number of carbonyl (C=O) groups is 2. The number of nitrogens with zero attached hydrogens (tertiary/aromatic N) is 1. The molecule has 3 rings (SSSR count). The van der Waals surface area contributed by atoms with Gasteiger partial charge < -0.3 is 29.0 Å². The standard InChI is InChI=1S/C21H25NO7/c1-26-18-7-6-13(9-17(18)23)19-15(20(24)27-2)11-22(10-14-5-4-8-29-14)12-16(19)21(25)28-3/h6-7,9,11-12,14,19,23H,4-5,8,10H2,1-3H3. The van der Waals surface area contributed by atoms with E-state index in [4.69, 9.17) is 18.9 Å². The predicted octanol–water partition coefficient (Wildman–Crippen LogP) is 2.09. The molecular formula is C21H25NO7. The number of hydrogen-bond donors (Lipinski definition) is 1. The summed E-state index contributed by atoms with van der Waals surface area (Å²) in [4.78, 5) is 26.9. The number of ether oxygens (including phenoxy) is 4. The highest BCUT2D eigenvalue weighted by Gasteiger charge is 2.36. The SMILES string of the molecule is COC(=O)C1=CN(CC2CCCO2)C=C(C(=O)OC)C1c1ccc(OC)c(O)c1. The lowest BCUT2D eigenvalue weighted by atomic mass is 9.83. The number of carbonyl (C=O) groups excluding carboxylic acids is 2. The van der Waals surface area contributed by atoms with E-state index < -0.39 is 17.9 Å². The fourth-order valence-corrected chi connectivity index (χ4v) is 3.66. The van der Waals surface area contributed by atoms with Crippen LogP contribution in [0.5, 0.6) is 11.5 Å². The quantitative estimate of drug-likeness (QED) is 0.722. The lowest BCUT2D eigenvalue weighted by Gasteiger charge is -2.31. The number of phenols is 1. The van der Waals surface area contributed by atoms with Crippen LogP contribution in [0.2, 0.25) is 0 Å². The first-order valence-electron chi connectivity index (χ1n) is 9.32. The molecule has 0 radical (unpaired) electrons. The minimum Gasteiger partial charge on any atom is -0.504 e. The maximum Gasteiger partial charge on any atom is 0.336 e. The zero-order chi connectivity index (χ0) is 21.0. The maximum absolute atomic E-state index is 12.6. The van der Waals surface area contributed by atoms with Gasteiger partial charge in [-0.1, -0.05) is 6.07 Å². The Morgan fingerprint density at radius 3 is 2.28 bits per heavy atom. The number of aromatic hydroxyl groups is 1. The first kappa shape index (κ1) is 20.7. The van der Waals surface area contributed by atoms with E-state index in [2.05, 4.69) is 0 Å². The molecule has 0 aliphatic carbocycles. The van der Waals surface area contributed by atoms with E-state index in [-0.39, 0.29) is 28.7 Å². The van der Waals surface area contributed by atoms with Crippen molar-refractivity contribution in [1.82, 2.24) is 4.90 Å². The normalized spacial score (nSPS) is 19.4. The Hall–Kier alpha value is -3.00. The molecule has 1 aromatic carbocycles. The van der Waals surface area contributed by atoms with Crippen molar-refractivity contribution in [3.8, 4) is 11.5 Å². The molecule has 0 bridgehead atoms. The van der Waals surface area contributed by atoms with Gasteiger partial charge in [0.2, 0.25) is 0 Å². The first-order chi connectivity index (χ1) is 14.0. The second kappa shape index (κ2) is 9.00. The summed E-state index contributed by atoms with van der Waals surface area (Å²) in [6.45, 7) is 1.20. The van der Waals surface area contributed by atoms with Crippen LogP contribution in [0.1, 0.15) is 24.3 Å². The van der Waals surface area contributed by atoms with Gasteiger partial charge in [0.15, 0.2) is 11.5 Å². The number of hydrogen-bond acceptors (Lipinski definition) is 8. The lowest BCUT2D eigenvalue weighted by molar-refractivity contribution is -0.137. The van der Waals surface area contributed by atoms with Crippen LogP contribution in [-0.2, 0) is 23.8 Å². The van der Waals surface area contributed by atoms with E-state index in [0.717, 1.165) is 12.8 Å². The van der Waals surface area contributed by atoms with Crippen LogP contribution < -0.4 is 4.74 Å². The van der Waals surface area contributed by atoms with Crippen LogP contribution >= 0.6 is 0 Å². The molecule has 0 spiro atoms. The zero-order valence-corrected chi connectivity index (χ0v) is 16.7. The van der Waals surface area contributed by atoms with Crippen molar-refractivity contribution in [2.24, 2.45) is 0 Å². The van der Waals surface area contributed by atoms with Crippen LogP contribution in [0.25, 0.3) is 0 Å². The molecule has 1 aromatic rings. The number of rotatable bonds is 6. The molecule has 1 N–H and O–H groups in total. The second-order valence-electron chi connectivity index (χ2n) is 6.85. The Balaban J connectivity index is 2.04. The fraction of sp³-hybridized carbons (Fsp3) is 0.429. The van der Waals surface area contributed by atoms with E-state index in [9.17, 15) is 14.7 Å². The van der Waals surface area contributed by atoms with Gasteiger partial charge in [0.25, 0.3) is 0 Å². The van der Waals surface area contributed by atoms with Gasteiger partial charge in [-0.3, -0.25) is 0 Å². The Kier molecular flexibility index (Phi) is 6.43. The van der Waals surface area contributed by atoms with Gasteiger partial charge in [0.05, 0.1) is 44.5 Å². The average molecular weight is 403 g/mol. The Morgan fingerprint density at radius 2 is 1.79 bits per heavy atom. The van der Waals surface area contributed by atoms with Crippen molar-refractivity contribution in [3.63, 3.8) is 0 Å². The molecule has 0 aromatic heterocycles. The van der Waals surface area contributed by atoms with Crippen LogP contribution in [-0.4, -0.2) is 62.5 Å². The number of esters is 2. The van der Waals surface area contributed by atoms with E-state index in [1.54, 1.807) is 29.4 Å². The summed E-state index contributed by atoms with van der Waals surface area (Å²) >= 11 is 0. The molecule has 1 fully saturated rings. The molecule has 1 atom stereocenters. The van der Waals surface area contributed by atoms with Crippen molar-refractivity contribution in [2.75, 3.05) is 34.5 Å². The average Bonchev–Trinajstić information content (AvgIpc) is 3.24. The lowest BCUT2D eigenvalue weighted by Crippen LogP contribution is -2.32. The number of methoxy groups -OCH3 is 3. The van der Waals surface area contributed by atoms with Crippen molar-refractivity contribution >= 4 is 11.9 Å². The topological polar surface area (TPSA) is 94.5 Å². The fourth-order valence-electron chi connectivity index (χ4n) is 3.66. The maximum atomic E-state index is 12.6. The third-order valence-electron chi connectivity index (χ3n) is 5.05. The van der Waals surface area contributed by atoms with Crippen molar-refractivity contribution < 1.29 is 33.6 Å². The predicted molar refractivity (Wildman–Crippen MR) is 103 cm³/mol. The molecule has 29 heavy (non-hydrogen) atoms. The molecule has 2 aliphatic rings.